The predicted molar refractivity (Wildman–Crippen MR) is 43.9 cm³/mol. The van der Waals surface area contributed by atoms with Crippen LogP contribution >= 0.6 is 0 Å². The van der Waals surface area contributed by atoms with Gasteiger partial charge in [-0.05, 0) is 0 Å². The molecule has 1 heterocycles. The summed E-state index contributed by atoms with van der Waals surface area (Å²) in [7, 11) is 0. The van der Waals surface area contributed by atoms with E-state index in [2.05, 4.69) is 4.74 Å². The molecule has 0 spiro atoms. The fourth-order valence-corrected chi connectivity index (χ4v) is 0.989. The molecule has 1 aromatic heterocycles. The maximum atomic E-state index is 12.4. The summed E-state index contributed by atoms with van der Waals surface area (Å²) in [6, 6.07) is 0. The Morgan fingerprint density at radius 1 is 1.44 bits per heavy atom. The molecule has 0 aliphatic heterocycles. The number of carbonyl (C=O) groups is 1. The van der Waals surface area contributed by atoms with Gasteiger partial charge >= 0.3 is 6.36 Å². The summed E-state index contributed by atoms with van der Waals surface area (Å²) in [4.78, 5) is 23.4. The second-order valence-corrected chi connectivity index (χ2v) is 2.68. The molecule has 4 nitrogen and oxygen atoms in total. The number of carbonyl (C=O) groups excluding carboxylic acids is 1. The summed E-state index contributed by atoms with van der Waals surface area (Å²) in [5.41, 5.74) is -2.47. The topological polar surface area (TPSA) is 59.2 Å². The molecule has 1 aromatic rings. The smallest absolute Gasteiger partial charge is 0.389 e. The number of hydrogen-bond donors (Lipinski definition) is 1. The van der Waals surface area contributed by atoms with Crippen molar-refractivity contribution in [2.45, 2.75) is 13.0 Å². The summed E-state index contributed by atoms with van der Waals surface area (Å²) in [5.74, 6) is -1.05. The molecule has 0 aliphatic carbocycles. The van der Waals surface area contributed by atoms with E-state index in [9.17, 15) is 27.2 Å². The monoisotopic (exact) mass is 239 g/mol. The molecular weight excluding hydrogens is 234 g/mol. The zero-order valence-corrected chi connectivity index (χ0v) is 7.60. The Labute approximate surface area is 85.8 Å². The van der Waals surface area contributed by atoms with E-state index in [0.717, 1.165) is 6.20 Å². The highest BCUT2D eigenvalue weighted by molar-refractivity contribution is 5.74. The number of H-pyrrole nitrogens is 1. The van der Waals surface area contributed by atoms with Crippen LogP contribution in [0, 0.1) is 0 Å². The number of alkyl halides is 4. The molecule has 0 atom stereocenters. The van der Waals surface area contributed by atoms with Gasteiger partial charge < -0.3 is 9.72 Å². The van der Waals surface area contributed by atoms with Crippen LogP contribution in [0.2, 0.25) is 0 Å². The van der Waals surface area contributed by atoms with Crippen LogP contribution < -0.4 is 10.2 Å². The zero-order valence-electron chi connectivity index (χ0n) is 7.60. The van der Waals surface area contributed by atoms with E-state index in [1.165, 1.54) is 0 Å². The molecule has 0 radical (unpaired) electrons. The number of aldehydes is 1. The highest BCUT2D eigenvalue weighted by atomic mass is 19.4. The molecule has 88 valence electrons. The first-order chi connectivity index (χ1) is 7.39. The average molecular weight is 239 g/mol. The highest BCUT2D eigenvalue weighted by Crippen LogP contribution is 2.22. The molecular formula is C8H5F4NO3. The minimum absolute atomic E-state index is 0.107. The van der Waals surface area contributed by atoms with Gasteiger partial charge in [0.1, 0.15) is 6.67 Å². The third-order valence-electron chi connectivity index (χ3n) is 1.65. The van der Waals surface area contributed by atoms with E-state index in [0.29, 0.717) is 0 Å². The van der Waals surface area contributed by atoms with Crippen LogP contribution in [0.1, 0.15) is 15.9 Å². The van der Waals surface area contributed by atoms with Crippen molar-refractivity contribution in [2.75, 3.05) is 0 Å². The van der Waals surface area contributed by atoms with Gasteiger partial charge in [0.05, 0.1) is 11.1 Å². The van der Waals surface area contributed by atoms with Gasteiger partial charge in [0.2, 0.25) is 11.3 Å². The number of ether oxygens (including phenoxy) is 1. The van der Waals surface area contributed by atoms with Crippen molar-refractivity contribution < 1.29 is 27.1 Å². The van der Waals surface area contributed by atoms with Crippen LogP contribution in [-0.4, -0.2) is 17.6 Å². The zero-order chi connectivity index (χ0) is 12.3. The van der Waals surface area contributed by atoms with Gasteiger partial charge in [-0.15, -0.1) is 13.2 Å². The number of hydrogen-bond acceptors (Lipinski definition) is 3. The van der Waals surface area contributed by atoms with E-state index in [1.54, 1.807) is 0 Å². The molecule has 0 unspecified atom stereocenters. The van der Waals surface area contributed by atoms with Gasteiger partial charge in [-0.25, -0.2) is 4.39 Å². The van der Waals surface area contributed by atoms with Crippen LogP contribution in [0.3, 0.4) is 0 Å². The minimum Gasteiger partial charge on any atom is -0.389 e. The van der Waals surface area contributed by atoms with E-state index in [-0.39, 0.29) is 6.29 Å². The van der Waals surface area contributed by atoms with Crippen LogP contribution in [0.25, 0.3) is 0 Å². The minimum atomic E-state index is -5.05. The number of nitrogens with one attached hydrogen (secondary N) is 1. The van der Waals surface area contributed by atoms with Gasteiger partial charge in [-0.1, -0.05) is 0 Å². The first-order valence-corrected chi connectivity index (χ1v) is 3.90. The fourth-order valence-electron chi connectivity index (χ4n) is 0.989. The number of rotatable bonds is 3. The number of pyridine rings is 1. The lowest BCUT2D eigenvalue weighted by atomic mass is 10.2. The third kappa shape index (κ3) is 2.59. The fraction of sp³-hybridized carbons (Fsp3) is 0.250. The lowest BCUT2D eigenvalue weighted by molar-refractivity contribution is -0.276. The number of aromatic amines is 1. The Morgan fingerprint density at radius 2 is 2.06 bits per heavy atom. The van der Waals surface area contributed by atoms with Crippen molar-refractivity contribution in [3.05, 3.63) is 27.5 Å². The van der Waals surface area contributed by atoms with Gasteiger partial charge in [0, 0.05) is 6.20 Å². The molecule has 0 saturated carbocycles. The maximum Gasteiger partial charge on any atom is 0.574 e. The molecule has 16 heavy (non-hydrogen) atoms. The Balaban J connectivity index is 3.27. The predicted octanol–water partition coefficient (Wildman–Crippen LogP) is 1.56. The average Bonchev–Trinajstić information content (AvgIpc) is 2.16. The van der Waals surface area contributed by atoms with E-state index < -0.39 is 35.5 Å². The summed E-state index contributed by atoms with van der Waals surface area (Å²) >= 11 is 0. The molecule has 0 aliphatic rings. The highest BCUT2D eigenvalue weighted by Gasteiger charge is 2.33. The summed E-state index contributed by atoms with van der Waals surface area (Å²) < 4.78 is 51.3. The van der Waals surface area contributed by atoms with E-state index >= 15 is 0 Å². The van der Waals surface area contributed by atoms with Gasteiger partial charge in [-0.2, -0.15) is 0 Å². The van der Waals surface area contributed by atoms with Crippen LogP contribution in [0.5, 0.6) is 5.88 Å². The lowest BCUT2D eigenvalue weighted by Gasteiger charge is -2.10. The molecule has 0 bridgehead atoms. The lowest BCUT2D eigenvalue weighted by Crippen LogP contribution is -2.23. The molecule has 0 fully saturated rings. The maximum absolute atomic E-state index is 12.4. The second kappa shape index (κ2) is 4.33. The molecule has 0 saturated heterocycles. The van der Waals surface area contributed by atoms with Crippen molar-refractivity contribution in [1.82, 2.24) is 4.98 Å². The Hall–Kier alpha value is -1.86. The standard InChI is InChI=1S/C8H5F4NO3/c9-1-5-6(15)4(3-14)2-13-7(5)16-8(10,11)12/h2-3H,1H2,(H,13,15). The Morgan fingerprint density at radius 3 is 2.50 bits per heavy atom. The van der Waals surface area contributed by atoms with Crippen LogP contribution in [0.15, 0.2) is 11.0 Å². The first-order valence-electron chi connectivity index (χ1n) is 3.90. The van der Waals surface area contributed by atoms with Gasteiger partial charge in [0.15, 0.2) is 6.29 Å². The third-order valence-corrected chi connectivity index (χ3v) is 1.65. The van der Waals surface area contributed by atoms with Crippen molar-refractivity contribution >= 4 is 6.29 Å². The van der Waals surface area contributed by atoms with Crippen molar-refractivity contribution in [2.24, 2.45) is 0 Å². The number of halogens is 4. The van der Waals surface area contributed by atoms with Crippen molar-refractivity contribution in [3.8, 4) is 5.88 Å². The molecule has 8 heteroatoms. The van der Waals surface area contributed by atoms with Gasteiger partial charge in [0.25, 0.3) is 0 Å². The summed E-state index contributed by atoms with van der Waals surface area (Å²) in [6.07, 6.45) is -4.22. The van der Waals surface area contributed by atoms with Crippen LogP contribution in [0.4, 0.5) is 17.6 Å². The molecule has 1 N–H and O–H groups in total. The molecule has 0 aromatic carbocycles. The second-order valence-electron chi connectivity index (χ2n) is 2.68. The van der Waals surface area contributed by atoms with E-state index in [4.69, 9.17) is 0 Å². The molecule has 0 amide bonds. The Bertz CT molecular complexity index is 452. The van der Waals surface area contributed by atoms with Crippen molar-refractivity contribution in [3.63, 3.8) is 0 Å². The SMILES string of the molecule is O=Cc1c[nH]c(OC(F)(F)F)c(CF)c1=O. The quantitative estimate of drug-likeness (QED) is 0.643. The summed E-state index contributed by atoms with van der Waals surface area (Å²) in [5, 5.41) is 0. The summed E-state index contributed by atoms with van der Waals surface area (Å²) in [6.45, 7) is -1.47. The molecule has 1 rings (SSSR count). The van der Waals surface area contributed by atoms with Crippen molar-refractivity contribution in [1.29, 1.82) is 0 Å². The van der Waals surface area contributed by atoms with Crippen LogP contribution in [-0.2, 0) is 6.67 Å². The normalized spacial score (nSPS) is 11.2. The first kappa shape index (κ1) is 12.2. The van der Waals surface area contributed by atoms with E-state index in [1.807, 2.05) is 4.98 Å². The number of aromatic nitrogens is 1. The largest absolute Gasteiger partial charge is 0.574 e. The Kier molecular flexibility index (Phi) is 3.31. The van der Waals surface area contributed by atoms with Gasteiger partial charge in [-0.3, -0.25) is 9.59 Å².